The molecule has 23 heavy (non-hydrogen) atoms. The van der Waals surface area contributed by atoms with E-state index in [-0.39, 0.29) is 5.69 Å². The number of aryl methyl sites for hydroxylation is 1. The molecule has 10 heteroatoms. The first-order chi connectivity index (χ1) is 10.7. The van der Waals surface area contributed by atoms with Crippen LogP contribution in [0, 0.1) is 0 Å². The summed E-state index contributed by atoms with van der Waals surface area (Å²) in [4.78, 5) is 0. The third-order valence-electron chi connectivity index (χ3n) is 3.56. The van der Waals surface area contributed by atoms with Crippen molar-refractivity contribution in [1.82, 2.24) is 9.78 Å². The fraction of sp³-hybridized carbons (Fsp3) is 0.308. The number of hydrogen-bond donors (Lipinski definition) is 2. The Morgan fingerprint density at radius 2 is 2.09 bits per heavy atom. The molecule has 0 spiro atoms. The van der Waals surface area contributed by atoms with E-state index < -0.39 is 26.8 Å². The van der Waals surface area contributed by atoms with Crippen LogP contribution in [0.15, 0.2) is 29.4 Å². The van der Waals surface area contributed by atoms with Gasteiger partial charge in [-0.1, -0.05) is 6.07 Å². The predicted octanol–water partition coefficient (Wildman–Crippen LogP) is 2.21. The van der Waals surface area contributed by atoms with Gasteiger partial charge in [-0.3, -0.25) is 9.40 Å². The average Bonchev–Trinajstić information content (AvgIpc) is 3.04. The van der Waals surface area contributed by atoms with Gasteiger partial charge in [0.05, 0.1) is 11.9 Å². The summed E-state index contributed by atoms with van der Waals surface area (Å²) >= 11 is 0. The first-order valence-corrected chi connectivity index (χ1v) is 8.16. The Bertz CT molecular complexity index is 859. The fourth-order valence-corrected chi connectivity index (χ4v) is 4.00. The number of nitrogens with one attached hydrogen (secondary N) is 2. The number of alkyl halides is 3. The maximum Gasteiger partial charge on any atom is 0.420 e. The van der Waals surface area contributed by atoms with Gasteiger partial charge in [-0.05, 0) is 18.6 Å². The molecule has 2 N–H and O–H groups in total. The third-order valence-corrected chi connectivity index (χ3v) is 5.04. The van der Waals surface area contributed by atoms with E-state index in [1.807, 2.05) is 0 Å². The largest absolute Gasteiger partial charge is 0.420 e. The number of sulfonamides is 1. The monoisotopic (exact) mass is 346 g/mol. The van der Waals surface area contributed by atoms with Crippen molar-refractivity contribution in [3.8, 4) is 0 Å². The van der Waals surface area contributed by atoms with Gasteiger partial charge in [0, 0.05) is 24.8 Å². The molecule has 3 rings (SSSR count). The molecule has 0 bridgehead atoms. The Hall–Kier alpha value is -2.23. The first kappa shape index (κ1) is 15.7. The molecule has 0 aliphatic carbocycles. The van der Waals surface area contributed by atoms with E-state index >= 15 is 0 Å². The van der Waals surface area contributed by atoms with Gasteiger partial charge in [0.1, 0.15) is 5.56 Å². The smallest absolute Gasteiger partial charge is 0.384 e. The van der Waals surface area contributed by atoms with Gasteiger partial charge in [-0.25, -0.2) is 0 Å². The molecule has 0 saturated heterocycles. The van der Waals surface area contributed by atoms with Crippen molar-refractivity contribution in [2.45, 2.75) is 17.6 Å². The maximum absolute atomic E-state index is 13.0. The maximum atomic E-state index is 13.0. The molecule has 0 radical (unpaired) electrons. The highest BCUT2D eigenvalue weighted by atomic mass is 32.2. The predicted molar refractivity (Wildman–Crippen MR) is 77.7 cm³/mol. The Morgan fingerprint density at radius 3 is 2.78 bits per heavy atom. The van der Waals surface area contributed by atoms with Gasteiger partial charge in [0.25, 0.3) is 10.0 Å². The van der Waals surface area contributed by atoms with E-state index in [4.69, 9.17) is 0 Å². The Labute approximate surface area is 130 Å². The summed E-state index contributed by atoms with van der Waals surface area (Å²) < 4.78 is 66.8. The number of halogens is 3. The molecule has 2 heterocycles. The van der Waals surface area contributed by atoms with Gasteiger partial charge in [0.2, 0.25) is 0 Å². The number of nitrogens with zero attached hydrogens (tertiary/aromatic N) is 2. The molecule has 0 amide bonds. The van der Waals surface area contributed by atoms with Crippen molar-refractivity contribution in [1.29, 1.82) is 0 Å². The number of rotatable bonds is 3. The lowest BCUT2D eigenvalue weighted by Crippen LogP contribution is -2.21. The summed E-state index contributed by atoms with van der Waals surface area (Å²) in [6.45, 7) is 0.646. The second kappa shape index (κ2) is 5.15. The lowest BCUT2D eigenvalue weighted by atomic mass is 10.1. The second-order valence-corrected chi connectivity index (χ2v) is 6.70. The Morgan fingerprint density at radius 1 is 1.35 bits per heavy atom. The minimum atomic E-state index is -4.81. The number of benzene rings is 1. The normalized spacial score (nSPS) is 14.4. The van der Waals surface area contributed by atoms with E-state index in [0.717, 1.165) is 18.3 Å². The van der Waals surface area contributed by atoms with E-state index in [2.05, 4.69) is 15.1 Å². The quantitative estimate of drug-likeness (QED) is 0.893. The van der Waals surface area contributed by atoms with Crippen LogP contribution in [-0.4, -0.2) is 24.7 Å². The molecule has 2 aromatic rings. The number of hydrogen-bond acceptors (Lipinski definition) is 4. The minimum absolute atomic E-state index is 0.266. The molecular weight excluding hydrogens is 333 g/mol. The van der Waals surface area contributed by atoms with E-state index in [0.29, 0.717) is 23.8 Å². The zero-order valence-corrected chi connectivity index (χ0v) is 12.8. The van der Waals surface area contributed by atoms with E-state index in [1.165, 1.54) is 6.07 Å². The van der Waals surface area contributed by atoms with Gasteiger partial charge in [0.15, 0.2) is 5.03 Å². The first-order valence-electron chi connectivity index (χ1n) is 6.68. The van der Waals surface area contributed by atoms with Crippen LogP contribution < -0.4 is 10.0 Å². The van der Waals surface area contributed by atoms with Crippen LogP contribution >= 0.6 is 0 Å². The molecule has 0 unspecified atom stereocenters. The summed E-state index contributed by atoms with van der Waals surface area (Å²) in [5, 5.41) is 5.60. The van der Waals surface area contributed by atoms with Crippen molar-refractivity contribution in [3.05, 3.63) is 35.5 Å². The molecule has 0 fully saturated rings. The lowest BCUT2D eigenvalue weighted by Gasteiger charge is -2.14. The summed E-state index contributed by atoms with van der Waals surface area (Å²) in [5.74, 6) is 0. The lowest BCUT2D eigenvalue weighted by molar-refractivity contribution is -0.140. The summed E-state index contributed by atoms with van der Waals surface area (Å²) in [7, 11) is -3.28. The van der Waals surface area contributed by atoms with Crippen molar-refractivity contribution >= 4 is 21.4 Å². The van der Waals surface area contributed by atoms with Crippen molar-refractivity contribution < 1.29 is 21.6 Å². The van der Waals surface area contributed by atoms with E-state index in [1.54, 1.807) is 12.1 Å². The van der Waals surface area contributed by atoms with Gasteiger partial charge >= 0.3 is 6.18 Å². The Balaban J connectivity index is 2.05. The average molecular weight is 346 g/mol. The van der Waals surface area contributed by atoms with Crippen molar-refractivity contribution in [2.75, 3.05) is 16.6 Å². The van der Waals surface area contributed by atoms with Crippen LogP contribution in [0.1, 0.15) is 11.1 Å². The molecular formula is C13H13F3N4O2S. The van der Waals surface area contributed by atoms with Crippen LogP contribution in [0.25, 0.3) is 0 Å². The standard InChI is InChI=1S/C13H13F3N4O2S/c1-20-12(9(7-18-20)13(14,15)16)23(21,22)19-11-4-2-3-10-8(11)5-6-17-10/h2-4,7,17,19H,5-6H2,1H3. The van der Waals surface area contributed by atoms with Crippen molar-refractivity contribution in [2.24, 2.45) is 7.05 Å². The van der Waals surface area contributed by atoms with Crippen LogP contribution in [0.3, 0.4) is 0 Å². The number of aromatic nitrogens is 2. The summed E-state index contributed by atoms with van der Waals surface area (Å²) in [6.07, 6.45) is -3.71. The zero-order valence-electron chi connectivity index (χ0n) is 12.0. The molecule has 1 aromatic heterocycles. The molecule has 1 aliphatic heterocycles. The molecule has 1 aromatic carbocycles. The topological polar surface area (TPSA) is 76.0 Å². The third kappa shape index (κ3) is 2.74. The number of fused-ring (bicyclic) bond motifs is 1. The molecule has 1 aliphatic rings. The van der Waals surface area contributed by atoms with Gasteiger partial charge < -0.3 is 5.32 Å². The van der Waals surface area contributed by atoms with Crippen LogP contribution in [0.2, 0.25) is 0 Å². The highest BCUT2D eigenvalue weighted by molar-refractivity contribution is 7.92. The number of anilines is 2. The highest BCUT2D eigenvalue weighted by Crippen LogP contribution is 2.35. The van der Waals surface area contributed by atoms with E-state index in [9.17, 15) is 21.6 Å². The van der Waals surface area contributed by atoms with Crippen LogP contribution in [-0.2, 0) is 29.7 Å². The minimum Gasteiger partial charge on any atom is -0.384 e. The van der Waals surface area contributed by atoms with Gasteiger partial charge in [-0.15, -0.1) is 0 Å². The molecule has 0 atom stereocenters. The second-order valence-electron chi connectivity index (χ2n) is 5.10. The Kier molecular flexibility index (Phi) is 3.51. The van der Waals surface area contributed by atoms with Crippen LogP contribution in [0.4, 0.5) is 24.5 Å². The SMILES string of the molecule is Cn1ncc(C(F)(F)F)c1S(=O)(=O)Nc1cccc2c1CCN2. The fourth-order valence-electron chi connectivity index (χ4n) is 2.57. The molecule has 0 saturated carbocycles. The zero-order chi connectivity index (χ0) is 16.8. The highest BCUT2D eigenvalue weighted by Gasteiger charge is 2.40. The summed E-state index contributed by atoms with van der Waals surface area (Å²) in [5.41, 5.74) is 0.470. The van der Waals surface area contributed by atoms with Crippen LogP contribution in [0.5, 0.6) is 0 Å². The molecule has 6 nitrogen and oxygen atoms in total. The van der Waals surface area contributed by atoms with Gasteiger partial charge in [-0.2, -0.15) is 26.7 Å². The summed E-state index contributed by atoms with van der Waals surface area (Å²) in [6, 6.07) is 4.93. The van der Waals surface area contributed by atoms with Crippen molar-refractivity contribution in [3.63, 3.8) is 0 Å². The molecule has 124 valence electrons.